The number of hydrogen-bond acceptors (Lipinski definition) is 4. The number of esters is 1. The molecular weight excluding hydrogens is 414 g/mol. The van der Waals surface area contributed by atoms with Crippen molar-refractivity contribution in [2.24, 2.45) is 5.92 Å². The van der Waals surface area contributed by atoms with Crippen molar-refractivity contribution in [1.82, 2.24) is 0 Å². The van der Waals surface area contributed by atoms with Gasteiger partial charge in [-0.25, -0.2) is 4.79 Å². The predicted octanol–water partition coefficient (Wildman–Crippen LogP) is 4.12. The summed E-state index contributed by atoms with van der Waals surface area (Å²) in [6, 6.07) is 18.0. The molecule has 33 heavy (non-hydrogen) atoms. The number of aliphatic carboxylic acids is 1. The molecule has 0 aliphatic heterocycles. The van der Waals surface area contributed by atoms with Crippen molar-refractivity contribution in [3.8, 4) is 0 Å². The molecule has 1 unspecified atom stereocenters. The van der Waals surface area contributed by atoms with Crippen molar-refractivity contribution in [2.75, 3.05) is 27.2 Å². The van der Waals surface area contributed by atoms with Crippen molar-refractivity contribution in [2.45, 2.75) is 46.6 Å². The van der Waals surface area contributed by atoms with Crippen LogP contribution in [0.5, 0.6) is 0 Å². The summed E-state index contributed by atoms with van der Waals surface area (Å²) in [5, 5.41) is 10.7. The first-order valence-corrected chi connectivity index (χ1v) is 11.4. The molecule has 2 aromatic rings. The number of likely N-dealkylation sites (N-methyl/N-ethyl adjacent to an activating group) is 1. The lowest BCUT2D eigenvalue weighted by molar-refractivity contribution is -0.903. The highest BCUT2D eigenvalue weighted by Crippen LogP contribution is 2.16. The van der Waals surface area contributed by atoms with Crippen LogP contribution in [0.2, 0.25) is 0 Å². The number of nitrogens with zero attached hydrogens (tertiary/aromatic N) is 1. The van der Waals surface area contributed by atoms with E-state index >= 15 is 0 Å². The van der Waals surface area contributed by atoms with Crippen LogP contribution in [0.3, 0.4) is 0 Å². The highest BCUT2D eigenvalue weighted by atomic mass is 16.5. The van der Waals surface area contributed by atoms with E-state index in [1.165, 1.54) is 11.1 Å². The fourth-order valence-corrected chi connectivity index (χ4v) is 3.22. The summed E-state index contributed by atoms with van der Waals surface area (Å²) in [6.45, 7) is 13.3. The smallest absolute Gasteiger partial charge is 0.333 e. The normalized spacial score (nSPS) is 11.8. The Kier molecular flexibility index (Phi) is 11.6. The van der Waals surface area contributed by atoms with Crippen LogP contribution < -0.4 is 5.11 Å². The van der Waals surface area contributed by atoms with Gasteiger partial charge in [0.25, 0.3) is 0 Å². The van der Waals surface area contributed by atoms with Crippen LogP contribution in [0.1, 0.15) is 50.3 Å². The molecule has 0 heterocycles. The third kappa shape index (κ3) is 11.5. The zero-order valence-electron chi connectivity index (χ0n) is 21.0. The molecule has 0 aliphatic rings. The number of carbonyl (C=O) groups is 2. The van der Waals surface area contributed by atoms with Crippen LogP contribution >= 0.6 is 0 Å². The molecule has 0 aliphatic carbocycles. The van der Waals surface area contributed by atoms with Crippen LogP contribution in [0, 0.1) is 5.92 Å². The largest absolute Gasteiger partial charge is 0.550 e. The summed E-state index contributed by atoms with van der Waals surface area (Å²) >= 11 is 0. The fourth-order valence-electron chi connectivity index (χ4n) is 3.22. The fraction of sp³-hybridized carbons (Fsp3) is 0.429. The predicted molar refractivity (Wildman–Crippen MR) is 131 cm³/mol. The van der Waals surface area contributed by atoms with E-state index in [0.29, 0.717) is 18.1 Å². The van der Waals surface area contributed by atoms with E-state index in [2.05, 4.69) is 46.7 Å². The van der Waals surface area contributed by atoms with Gasteiger partial charge in [0.2, 0.25) is 0 Å². The molecule has 0 radical (unpaired) electrons. The highest BCUT2D eigenvalue weighted by molar-refractivity contribution is 5.86. The molecule has 0 saturated carbocycles. The molecule has 0 spiro atoms. The number of quaternary nitrogens is 1. The maximum absolute atomic E-state index is 11.3. The number of hydrogen-bond donors (Lipinski definition) is 0. The summed E-state index contributed by atoms with van der Waals surface area (Å²) in [7, 11) is 4.25. The maximum Gasteiger partial charge on any atom is 0.333 e. The van der Waals surface area contributed by atoms with E-state index in [1.807, 2.05) is 42.5 Å². The first-order valence-electron chi connectivity index (χ1n) is 11.4. The summed E-state index contributed by atoms with van der Waals surface area (Å²) < 4.78 is 5.91. The van der Waals surface area contributed by atoms with Gasteiger partial charge in [-0.15, -0.1) is 0 Å². The topological polar surface area (TPSA) is 66.4 Å². The maximum atomic E-state index is 11.3. The Morgan fingerprint density at radius 1 is 0.970 bits per heavy atom. The molecule has 1 atom stereocenters. The van der Waals surface area contributed by atoms with Gasteiger partial charge in [0.1, 0.15) is 19.7 Å². The van der Waals surface area contributed by atoms with E-state index in [0.717, 1.165) is 29.6 Å². The van der Waals surface area contributed by atoms with E-state index < -0.39 is 11.9 Å². The van der Waals surface area contributed by atoms with Gasteiger partial charge in [-0.3, -0.25) is 0 Å². The van der Waals surface area contributed by atoms with Gasteiger partial charge in [-0.2, -0.15) is 0 Å². The molecule has 5 nitrogen and oxygen atoms in total. The summed E-state index contributed by atoms with van der Waals surface area (Å²) in [4.78, 5) is 21.9. The Morgan fingerprint density at radius 3 is 2.03 bits per heavy atom. The van der Waals surface area contributed by atoms with Crippen LogP contribution in [0.15, 0.2) is 66.7 Å². The van der Waals surface area contributed by atoms with Gasteiger partial charge in [-0.05, 0) is 30.4 Å². The molecule has 0 fully saturated rings. The van der Waals surface area contributed by atoms with Gasteiger partial charge in [0.15, 0.2) is 0 Å². The third-order valence-electron chi connectivity index (χ3n) is 5.21. The van der Waals surface area contributed by atoms with Crippen molar-refractivity contribution in [3.05, 3.63) is 83.4 Å². The second kappa shape index (κ2) is 13.6. The van der Waals surface area contributed by atoms with Gasteiger partial charge in [0, 0.05) is 23.0 Å². The Labute approximate surface area is 199 Å². The number of carboxylic acid groups (broad SMARTS) is 1. The molecule has 2 rings (SSSR count). The van der Waals surface area contributed by atoms with Crippen LogP contribution in [-0.4, -0.2) is 43.7 Å². The number of carbonyl (C=O) groups excluding carboxylic acids is 2. The van der Waals surface area contributed by atoms with Gasteiger partial charge in [0.05, 0.1) is 14.1 Å². The zero-order valence-corrected chi connectivity index (χ0v) is 21.0. The minimum Gasteiger partial charge on any atom is -0.550 e. The third-order valence-corrected chi connectivity index (χ3v) is 5.21. The van der Waals surface area contributed by atoms with Crippen molar-refractivity contribution >= 4 is 11.9 Å². The van der Waals surface area contributed by atoms with Crippen molar-refractivity contribution in [3.63, 3.8) is 0 Å². The van der Waals surface area contributed by atoms with E-state index in [9.17, 15) is 14.7 Å². The standard InChI is InChI=1S/C15H22NO2.C13H18O2/c1-13(2)15(17)18-11-10-16(3,4)12-14-8-6-5-7-9-14;1-9(2)8-11-4-6-12(7-5-11)10(3)13(14)15/h5-9H,1,10-12H2,2-4H3;4-7,9-10H,8H2,1-3H3,(H,14,15)/q+1;/p-1. The summed E-state index contributed by atoms with van der Waals surface area (Å²) in [5.74, 6) is -1.24. The average Bonchev–Trinajstić information content (AvgIpc) is 2.74. The van der Waals surface area contributed by atoms with Crippen molar-refractivity contribution < 1.29 is 23.9 Å². The van der Waals surface area contributed by atoms with Crippen LogP contribution in [0.4, 0.5) is 0 Å². The quantitative estimate of drug-likeness (QED) is 0.308. The molecule has 5 heteroatoms. The number of ether oxygens (including phenoxy) is 1. The van der Waals surface area contributed by atoms with E-state index in [-0.39, 0.29) is 5.97 Å². The van der Waals surface area contributed by atoms with Gasteiger partial charge in [-0.1, -0.05) is 81.9 Å². The molecule has 0 aromatic heterocycles. The molecule has 0 saturated heterocycles. The second-order valence-corrected chi connectivity index (χ2v) is 9.60. The second-order valence-electron chi connectivity index (χ2n) is 9.60. The van der Waals surface area contributed by atoms with Gasteiger partial charge < -0.3 is 19.1 Å². The molecule has 0 N–H and O–H groups in total. The van der Waals surface area contributed by atoms with Gasteiger partial charge >= 0.3 is 5.97 Å². The highest BCUT2D eigenvalue weighted by Gasteiger charge is 2.16. The lowest BCUT2D eigenvalue weighted by Crippen LogP contribution is -2.41. The van der Waals surface area contributed by atoms with E-state index in [1.54, 1.807) is 13.8 Å². The first kappa shape index (κ1) is 28.1. The summed E-state index contributed by atoms with van der Waals surface area (Å²) in [6.07, 6.45) is 1.03. The zero-order chi connectivity index (χ0) is 25.0. The van der Waals surface area contributed by atoms with Crippen LogP contribution in [-0.2, 0) is 27.3 Å². The monoisotopic (exact) mass is 453 g/mol. The Hall–Kier alpha value is -2.92. The molecule has 2 aromatic carbocycles. The minimum atomic E-state index is -1.02. The molecule has 180 valence electrons. The Bertz CT molecular complexity index is 886. The Balaban J connectivity index is 0.000000335. The average molecular weight is 454 g/mol. The minimum absolute atomic E-state index is 0.310. The number of carboxylic acids is 1. The van der Waals surface area contributed by atoms with Crippen LogP contribution in [0.25, 0.3) is 0 Å². The number of benzene rings is 2. The molecular formula is C28H39NO4. The Morgan fingerprint density at radius 2 is 1.55 bits per heavy atom. The molecule has 0 amide bonds. The van der Waals surface area contributed by atoms with Crippen molar-refractivity contribution in [1.29, 1.82) is 0 Å². The lowest BCUT2D eigenvalue weighted by atomic mass is 9.97. The lowest BCUT2D eigenvalue weighted by Gasteiger charge is -2.29. The molecule has 0 bridgehead atoms. The SMILES string of the molecule is C=C(C)C(=O)OCC[N+](C)(C)Cc1ccccc1.CC(C)Cc1ccc(C(C)C(=O)[O-])cc1. The first-order chi connectivity index (χ1) is 15.4. The summed E-state index contributed by atoms with van der Waals surface area (Å²) in [5.41, 5.74) is 3.79. The van der Waals surface area contributed by atoms with E-state index in [4.69, 9.17) is 4.74 Å². The number of rotatable bonds is 10.